The highest BCUT2D eigenvalue weighted by atomic mass is 32.2. The number of hydrogen-bond acceptors (Lipinski definition) is 6. The summed E-state index contributed by atoms with van der Waals surface area (Å²) in [6.45, 7) is 6.13. The van der Waals surface area contributed by atoms with Crippen LogP contribution in [0.1, 0.15) is 26.0 Å². The Morgan fingerprint density at radius 1 is 1.45 bits per heavy atom. The van der Waals surface area contributed by atoms with Gasteiger partial charge in [-0.15, -0.1) is 0 Å². The van der Waals surface area contributed by atoms with Gasteiger partial charge in [0.1, 0.15) is 5.76 Å². The molecule has 9 heteroatoms. The Balaban J connectivity index is 2.60. The minimum absolute atomic E-state index is 0.0576. The number of nitrogens with zero attached hydrogens (tertiary/aromatic N) is 2. The standard InChI is InChI=1S/C13H23N3O5S/c1-4-20-8-6-7-16(22(18,19)5-2)10-13(17)14-12-9-11(3)21-15-12/h9H,4-8,10H2,1-3H3,(H,14,15,17). The van der Waals surface area contributed by atoms with Gasteiger partial charge in [0.15, 0.2) is 5.82 Å². The Labute approximate surface area is 130 Å². The van der Waals surface area contributed by atoms with E-state index in [9.17, 15) is 13.2 Å². The number of nitrogens with one attached hydrogen (secondary N) is 1. The molecule has 1 aromatic heterocycles. The molecule has 1 heterocycles. The molecule has 1 aromatic rings. The molecule has 0 aliphatic heterocycles. The zero-order chi connectivity index (χ0) is 16.6. The molecule has 0 bridgehead atoms. The average Bonchev–Trinajstić information content (AvgIpc) is 2.87. The second-order valence-electron chi connectivity index (χ2n) is 4.66. The molecule has 1 N–H and O–H groups in total. The van der Waals surface area contributed by atoms with Crippen molar-refractivity contribution < 1.29 is 22.5 Å². The lowest BCUT2D eigenvalue weighted by molar-refractivity contribution is -0.116. The van der Waals surface area contributed by atoms with Gasteiger partial charge < -0.3 is 14.6 Å². The van der Waals surface area contributed by atoms with Crippen LogP contribution in [0.4, 0.5) is 5.82 Å². The van der Waals surface area contributed by atoms with Crippen LogP contribution < -0.4 is 5.32 Å². The van der Waals surface area contributed by atoms with Crippen molar-refractivity contribution in [1.29, 1.82) is 0 Å². The van der Waals surface area contributed by atoms with E-state index in [1.165, 1.54) is 0 Å². The molecule has 0 saturated carbocycles. The van der Waals surface area contributed by atoms with Crippen LogP contribution in [0.25, 0.3) is 0 Å². The van der Waals surface area contributed by atoms with E-state index in [1.807, 2.05) is 6.92 Å². The first-order valence-electron chi connectivity index (χ1n) is 7.17. The fraction of sp³-hybridized carbons (Fsp3) is 0.692. The Morgan fingerprint density at radius 2 is 2.18 bits per heavy atom. The van der Waals surface area contributed by atoms with Crippen molar-refractivity contribution in [2.75, 3.05) is 37.4 Å². The van der Waals surface area contributed by atoms with Gasteiger partial charge >= 0.3 is 0 Å². The van der Waals surface area contributed by atoms with Gasteiger partial charge in [0.05, 0.1) is 12.3 Å². The predicted molar refractivity (Wildman–Crippen MR) is 82.0 cm³/mol. The summed E-state index contributed by atoms with van der Waals surface area (Å²) in [5, 5.41) is 6.15. The zero-order valence-electron chi connectivity index (χ0n) is 13.2. The number of hydrogen-bond donors (Lipinski definition) is 1. The van der Waals surface area contributed by atoms with Gasteiger partial charge in [-0.2, -0.15) is 4.31 Å². The minimum Gasteiger partial charge on any atom is -0.382 e. The molecule has 0 atom stereocenters. The first-order valence-corrected chi connectivity index (χ1v) is 8.78. The van der Waals surface area contributed by atoms with Gasteiger partial charge in [-0.25, -0.2) is 8.42 Å². The van der Waals surface area contributed by atoms with E-state index in [0.717, 1.165) is 4.31 Å². The van der Waals surface area contributed by atoms with Crippen LogP contribution in [0, 0.1) is 6.92 Å². The molecular formula is C13H23N3O5S. The van der Waals surface area contributed by atoms with Crippen molar-refractivity contribution in [3.8, 4) is 0 Å². The third kappa shape index (κ3) is 6.12. The molecule has 22 heavy (non-hydrogen) atoms. The van der Waals surface area contributed by atoms with Gasteiger partial charge in [-0.05, 0) is 27.2 Å². The van der Waals surface area contributed by atoms with Crippen molar-refractivity contribution in [2.45, 2.75) is 27.2 Å². The second kappa shape index (κ2) is 8.86. The third-order valence-corrected chi connectivity index (χ3v) is 4.70. The fourth-order valence-electron chi connectivity index (χ4n) is 1.75. The number of aryl methyl sites for hydroxylation is 1. The molecule has 0 aliphatic rings. The number of rotatable bonds is 10. The Morgan fingerprint density at radius 3 is 2.73 bits per heavy atom. The molecule has 1 amide bonds. The molecule has 0 aromatic carbocycles. The highest BCUT2D eigenvalue weighted by Gasteiger charge is 2.22. The first-order chi connectivity index (χ1) is 10.4. The van der Waals surface area contributed by atoms with Crippen LogP contribution >= 0.6 is 0 Å². The summed E-state index contributed by atoms with van der Waals surface area (Å²) in [6.07, 6.45) is 0.531. The van der Waals surface area contributed by atoms with Crippen LogP contribution in [0.5, 0.6) is 0 Å². The molecule has 126 valence electrons. The number of aromatic nitrogens is 1. The molecule has 0 radical (unpaired) electrons. The highest BCUT2D eigenvalue weighted by Crippen LogP contribution is 2.08. The Hall–Kier alpha value is -1.45. The number of sulfonamides is 1. The molecule has 0 saturated heterocycles. The van der Waals surface area contributed by atoms with Crippen molar-refractivity contribution in [3.63, 3.8) is 0 Å². The SMILES string of the molecule is CCOCCCN(CC(=O)Nc1cc(C)on1)S(=O)(=O)CC. The van der Waals surface area contributed by atoms with Crippen molar-refractivity contribution in [3.05, 3.63) is 11.8 Å². The van der Waals surface area contributed by atoms with E-state index >= 15 is 0 Å². The summed E-state index contributed by atoms with van der Waals surface area (Å²) >= 11 is 0. The van der Waals surface area contributed by atoms with Gasteiger partial charge in [-0.1, -0.05) is 5.16 Å². The molecule has 0 aliphatic carbocycles. The van der Waals surface area contributed by atoms with Crippen LogP contribution in [0.15, 0.2) is 10.6 Å². The van der Waals surface area contributed by atoms with Gasteiger partial charge in [-0.3, -0.25) is 4.79 Å². The lowest BCUT2D eigenvalue weighted by Crippen LogP contribution is -2.39. The van der Waals surface area contributed by atoms with E-state index in [2.05, 4.69) is 10.5 Å². The number of anilines is 1. The van der Waals surface area contributed by atoms with Crippen molar-refractivity contribution in [2.24, 2.45) is 0 Å². The smallest absolute Gasteiger partial charge is 0.240 e. The quantitative estimate of drug-likeness (QED) is 0.641. The Kier molecular flexibility index (Phi) is 7.49. The van der Waals surface area contributed by atoms with Gasteiger partial charge in [0, 0.05) is 25.8 Å². The molecule has 0 spiro atoms. The maximum atomic E-state index is 12.0. The summed E-state index contributed by atoms with van der Waals surface area (Å²) < 4.78 is 35.2. The summed E-state index contributed by atoms with van der Waals surface area (Å²) in [7, 11) is -3.46. The van der Waals surface area contributed by atoms with Crippen molar-refractivity contribution >= 4 is 21.7 Å². The zero-order valence-corrected chi connectivity index (χ0v) is 14.0. The molecule has 0 fully saturated rings. The second-order valence-corrected chi connectivity index (χ2v) is 6.91. The molecule has 8 nitrogen and oxygen atoms in total. The Bertz CT molecular complexity index is 570. The average molecular weight is 333 g/mol. The van der Waals surface area contributed by atoms with E-state index in [-0.39, 0.29) is 24.7 Å². The molecular weight excluding hydrogens is 310 g/mol. The highest BCUT2D eigenvalue weighted by molar-refractivity contribution is 7.89. The van der Waals surface area contributed by atoms with E-state index in [4.69, 9.17) is 9.26 Å². The summed E-state index contributed by atoms with van der Waals surface area (Å²) in [5.74, 6) is 0.315. The van der Waals surface area contributed by atoms with Gasteiger partial charge in [0.25, 0.3) is 0 Å². The number of carbonyl (C=O) groups excluding carboxylic acids is 1. The number of carbonyl (C=O) groups is 1. The maximum absolute atomic E-state index is 12.0. The first kappa shape index (κ1) is 18.6. The van der Waals surface area contributed by atoms with Crippen LogP contribution in [-0.2, 0) is 19.6 Å². The van der Waals surface area contributed by atoms with Crippen LogP contribution in [-0.4, -0.2) is 55.8 Å². The number of amides is 1. The number of ether oxygens (including phenoxy) is 1. The summed E-state index contributed by atoms with van der Waals surface area (Å²) in [4.78, 5) is 12.0. The van der Waals surface area contributed by atoms with Gasteiger partial charge in [0.2, 0.25) is 15.9 Å². The molecule has 1 rings (SSSR count). The molecule has 0 unspecified atom stereocenters. The van der Waals surface area contributed by atoms with E-state index < -0.39 is 15.9 Å². The fourth-order valence-corrected chi connectivity index (χ4v) is 2.84. The minimum atomic E-state index is -3.46. The largest absolute Gasteiger partial charge is 0.382 e. The maximum Gasteiger partial charge on any atom is 0.240 e. The summed E-state index contributed by atoms with van der Waals surface area (Å²) in [6, 6.07) is 1.56. The van der Waals surface area contributed by atoms with Crippen LogP contribution in [0.3, 0.4) is 0 Å². The van der Waals surface area contributed by atoms with Crippen molar-refractivity contribution in [1.82, 2.24) is 9.46 Å². The van der Waals surface area contributed by atoms with E-state index in [0.29, 0.717) is 25.4 Å². The lowest BCUT2D eigenvalue weighted by atomic mass is 10.4. The van der Waals surface area contributed by atoms with Crippen LogP contribution in [0.2, 0.25) is 0 Å². The van der Waals surface area contributed by atoms with E-state index in [1.54, 1.807) is 19.9 Å². The summed E-state index contributed by atoms with van der Waals surface area (Å²) in [5.41, 5.74) is 0. The monoisotopic (exact) mass is 333 g/mol. The predicted octanol–water partition coefficient (Wildman–Crippen LogP) is 1.000. The normalized spacial score (nSPS) is 11.8. The third-order valence-electron chi connectivity index (χ3n) is 2.87. The lowest BCUT2D eigenvalue weighted by Gasteiger charge is -2.20. The topological polar surface area (TPSA) is 102 Å².